The number of hydrogen-bond donors (Lipinski definition) is 2. The topological polar surface area (TPSA) is 58.2 Å². The highest BCUT2D eigenvalue weighted by atomic mass is 35.5. The third-order valence-corrected chi connectivity index (χ3v) is 4.07. The van der Waals surface area contributed by atoms with Crippen LogP contribution in [0, 0.1) is 6.92 Å². The summed E-state index contributed by atoms with van der Waals surface area (Å²) in [6, 6.07) is 15.0. The van der Waals surface area contributed by atoms with Crippen molar-refractivity contribution in [1.82, 2.24) is 5.32 Å². The van der Waals surface area contributed by atoms with Crippen LogP contribution in [0.1, 0.15) is 24.0 Å². The fourth-order valence-electron chi connectivity index (χ4n) is 2.15. The Kier molecular flexibility index (Phi) is 5.77. The molecule has 0 radical (unpaired) electrons. The van der Waals surface area contributed by atoms with Gasteiger partial charge in [0.15, 0.2) is 0 Å². The molecule has 0 saturated heterocycles. The molecule has 2 aromatic carbocycles. The van der Waals surface area contributed by atoms with Gasteiger partial charge in [-0.05, 0) is 36.1 Å². The van der Waals surface area contributed by atoms with Gasteiger partial charge < -0.3 is 10.6 Å². The maximum absolute atomic E-state index is 12.0. The van der Waals surface area contributed by atoms with E-state index in [-0.39, 0.29) is 5.92 Å². The monoisotopic (exact) mass is 330 g/mol. The Morgan fingerprint density at radius 2 is 1.74 bits per heavy atom. The number of carbonyl (C=O) groups excluding carboxylic acids is 2. The maximum Gasteiger partial charge on any atom is 0.313 e. The number of carbonyl (C=O) groups is 2. The van der Waals surface area contributed by atoms with Gasteiger partial charge in [-0.1, -0.05) is 54.9 Å². The summed E-state index contributed by atoms with van der Waals surface area (Å²) >= 11 is 6.00. The molecular weight excluding hydrogens is 312 g/mol. The number of rotatable bonds is 4. The average Bonchev–Trinajstić information content (AvgIpc) is 2.57. The smallest absolute Gasteiger partial charge is 0.313 e. The molecule has 4 nitrogen and oxygen atoms in total. The molecule has 2 amide bonds. The molecule has 0 fully saturated rings. The summed E-state index contributed by atoms with van der Waals surface area (Å²) in [5.41, 5.74) is 2.38. The lowest BCUT2D eigenvalue weighted by Crippen LogP contribution is -2.37. The van der Waals surface area contributed by atoms with Gasteiger partial charge in [0.25, 0.3) is 0 Å². The Bertz CT molecular complexity index is 701. The van der Waals surface area contributed by atoms with Crippen LogP contribution < -0.4 is 10.6 Å². The molecule has 120 valence electrons. The van der Waals surface area contributed by atoms with Crippen molar-refractivity contribution >= 4 is 29.1 Å². The van der Waals surface area contributed by atoms with E-state index in [1.807, 2.05) is 37.3 Å². The van der Waals surface area contributed by atoms with Crippen molar-refractivity contribution < 1.29 is 9.59 Å². The van der Waals surface area contributed by atoms with E-state index in [0.29, 0.717) is 17.3 Å². The first kappa shape index (κ1) is 17.0. The van der Waals surface area contributed by atoms with Crippen LogP contribution in [0.5, 0.6) is 0 Å². The third kappa shape index (κ3) is 4.57. The van der Waals surface area contributed by atoms with Crippen molar-refractivity contribution in [3.63, 3.8) is 0 Å². The van der Waals surface area contributed by atoms with Gasteiger partial charge in [0, 0.05) is 17.3 Å². The zero-order valence-corrected chi connectivity index (χ0v) is 13.9. The van der Waals surface area contributed by atoms with Crippen LogP contribution in [-0.2, 0) is 9.59 Å². The van der Waals surface area contributed by atoms with Gasteiger partial charge in [0.2, 0.25) is 0 Å². The van der Waals surface area contributed by atoms with E-state index >= 15 is 0 Å². The second-order valence-electron chi connectivity index (χ2n) is 5.39. The van der Waals surface area contributed by atoms with Gasteiger partial charge in [0.1, 0.15) is 0 Å². The predicted octanol–water partition coefficient (Wildman–Crippen LogP) is 3.51. The number of amides is 2. The molecule has 23 heavy (non-hydrogen) atoms. The minimum atomic E-state index is -0.698. The van der Waals surface area contributed by atoms with Crippen LogP contribution in [0.15, 0.2) is 48.5 Å². The van der Waals surface area contributed by atoms with Crippen LogP contribution in [0.2, 0.25) is 5.02 Å². The summed E-state index contributed by atoms with van der Waals surface area (Å²) in [4.78, 5) is 23.9. The van der Waals surface area contributed by atoms with Crippen LogP contribution in [0.4, 0.5) is 5.69 Å². The van der Waals surface area contributed by atoms with E-state index in [1.165, 1.54) is 0 Å². The fraction of sp³-hybridized carbons (Fsp3) is 0.222. The zero-order valence-electron chi connectivity index (χ0n) is 13.1. The first-order chi connectivity index (χ1) is 11.0. The molecule has 2 rings (SSSR count). The van der Waals surface area contributed by atoms with Crippen LogP contribution in [0.25, 0.3) is 0 Å². The van der Waals surface area contributed by atoms with E-state index in [0.717, 1.165) is 11.1 Å². The average molecular weight is 331 g/mol. The second kappa shape index (κ2) is 7.79. The molecular formula is C18H19ClN2O2. The van der Waals surface area contributed by atoms with Crippen LogP contribution in [-0.4, -0.2) is 18.4 Å². The van der Waals surface area contributed by atoms with Crippen molar-refractivity contribution in [2.75, 3.05) is 11.9 Å². The van der Waals surface area contributed by atoms with Crippen molar-refractivity contribution in [1.29, 1.82) is 0 Å². The largest absolute Gasteiger partial charge is 0.347 e. The molecule has 0 aromatic heterocycles. The lowest BCUT2D eigenvalue weighted by atomic mass is 10.0. The number of benzene rings is 2. The van der Waals surface area contributed by atoms with Gasteiger partial charge >= 0.3 is 11.8 Å². The Morgan fingerprint density at radius 1 is 1.04 bits per heavy atom. The summed E-state index contributed by atoms with van der Waals surface area (Å²) in [6.07, 6.45) is 0. The number of anilines is 1. The summed E-state index contributed by atoms with van der Waals surface area (Å²) in [5.74, 6) is -1.23. The summed E-state index contributed by atoms with van der Waals surface area (Å²) < 4.78 is 0. The summed E-state index contributed by atoms with van der Waals surface area (Å²) in [6.45, 7) is 4.17. The molecule has 2 N–H and O–H groups in total. The first-order valence-electron chi connectivity index (χ1n) is 7.38. The van der Waals surface area contributed by atoms with Crippen molar-refractivity contribution in [2.45, 2.75) is 19.8 Å². The lowest BCUT2D eigenvalue weighted by molar-refractivity contribution is -0.136. The maximum atomic E-state index is 12.0. The highest BCUT2D eigenvalue weighted by molar-refractivity contribution is 6.40. The molecule has 0 aliphatic heterocycles. The van der Waals surface area contributed by atoms with Crippen molar-refractivity contribution in [2.24, 2.45) is 0 Å². The minimum absolute atomic E-state index is 0.126. The Labute approximate surface area is 140 Å². The summed E-state index contributed by atoms with van der Waals surface area (Å²) in [5, 5.41) is 5.77. The quantitative estimate of drug-likeness (QED) is 0.843. The molecule has 0 bridgehead atoms. The molecule has 0 aliphatic carbocycles. The second-order valence-corrected chi connectivity index (χ2v) is 5.80. The van der Waals surface area contributed by atoms with Crippen LogP contribution >= 0.6 is 11.6 Å². The van der Waals surface area contributed by atoms with Crippen LogP contribution in [0.3, 0.4) is 0 Å². The van der Waals surface area contributed by atoms with E-state index in [9.17, 15) is 9.59 Å². The lowest BCUT2D eigenvalue weighted by Gasteiger charge is -2.13. The normalized spacial score (nSPS) is 11.6. The zero-order chi connectivity index (χ0) is 16.8. The fourth-order valence-corrected chi connectivity index (χ4v) is 2.32. The van der Waals surface area contributed by atoms with E-state index in [1.54, 1.807) is 25.1 Å². The molecule has 0 spiro atoms. The molecule has 1 atom stereocenters. The van der Waals surface area contributed by atoms with E-state index < -0.39 is 11.8 Å². The summed E-state index contributed by atoms with van der Waals surface area (Å²) in [7, 11) is 0. The molecule has 0 unspecified atom stereocenters. The minimum Gasteiger partial charge on any atom is -0.347 e. The Hall–Kier alpha value is -2.33. The highest BCUT2D eigenvalue weighted by Gasteiger charge is 2.16. The van der Waals surface area contributed by atoms with Gasteiger partial charge in [-0.2, -0.15) is 0 Å². The van der Waals surface area contributed by atoms with E-state index in [4.69, 9.17) is 11.6 Å². The number of nitrogens with one attached hydrogen (secondary N) is 2. The predicted molar refractivity (Wildman–Crippen MR) is 92.7 cm³/mol. The van der Waals surface area contributed by atoms with E-state index in [2.05, 4.69) is 10.6 Å². The Balaban J connectivity index is 1.90. The first-order valence-corrected chi connectivity index (χ1v) is 7.76. The third-order valence-electron chi connectivity index (χ3n) is 3.66. The molecule has 0 aliphatic rings. The highest BCUT2D eigenvalue weighted by Crippen LogP contribution is 2.22. The van der Waals surface area contributed by atoms with Crippen molar-refractivity contribution in [3.05, 3.63) is 64.7 Å². The van der Waals surface area contributed by atoms with Gasteiger partial charge in [-0.25, -0.2) is 0 Å². The molecule has 0 heterocycles. The number of halogens is 1. The molecule has 5 heteroatoms. The van der Waals surface area contributed by atoms with Gasteiger partial charge in [-0.3, -0.25) is 9.59 Å². The molecule has 0 saturated carbocycles. The number of hydrogen-bond acceptors (Lipinski definition) is 2. The van der Waals surface area contributed by atoms with Crippen molar-refractivity contribution in [3.8, 4) is 0 Å². The van der Waals surface area contributed by atoms with Gasteiger partial charge in [0.05, 0.1) is 0 Å². The SMILES string of the molecule is Cc1c(Cl)cccc1NC(=O)C(=O)NC[C@H](C)c1ccccc1. The molecule has 2 aromatic rings. The Morgan fingerprint density at radius 3 is 2.43 bits per heavy atom. The van der Waals surface area contributed by atoms with Gasteiger partial charge in [-0.15, -0.1) is 0 Å². The standard InChI is InChI=1S/C18H19ClN2O2/c1-12(14-7-4-3-5-8-14)11-20-17(22)18(23)21-16-10-6-9-15(19)13(16)2/h3-10,12H,11H2,1-2H3,(H,20,22)(H,21,23)/t12-/m0/s1.